The van der Waals surface area contributed by atoms with Crippen molar-refractivity contribution in [1.82, 2.24) is 19.6 Å². The quantitative estimate of drug-likeness (QED) is 0.560. The number of sulfonamides is 1. The van der Waals surface area contributed by atoms with Gasteiger partial charge in [-0.3, -0.25) is 9.59 Å². The number of amides is 1. The van der Waals surface area contributed by atoms with Crippen LogP contribution >= 0.6 is 0 Å². The van der Waals surface area contributed by atoms with Crippen LogP contribution in [0.25, 0.3) is 22.2 Å². The van der Waals surface area contributed by atoms with Gasteiger partial charge in [0, 0.05) is 48.5 Å². The van der Waals surface area contributed by atoms with Crippen molar-refractivity contribution in [2.75, 3.05) is 32.5 Å². The second-order valence-corrected chi connectivity index (χ2v) is 11.3. The maximum Gasteiger partial charge on any atom is 0.274 e. The second-order valence-electron chi connectivity index (χ2n) is 9.43. The third-order valence-corrected chi connectivity index (χ3v) is 6.38. The molecule has 2 N–H and O–H groups in total. The molecule has 3 heterocycles. The summed E-state index contributed by atoms with van der Waals surface area (Å²) in [4.78, 5) is 34.4. The van der Waals surface area contributed by atoms with Crippen LogP contribution in [0.3, 0.4) is 0 Å². The molecule has 0 radical (unpaired) electrons. The van der Waals surface area contributed by atoms with E-state index in [-0.39, 0.29) is 35.7 Å². The van der Waals surface area contributed by atoms with Crippen LogP contribution in [0.15, 0.2) is 40.0 Å². The summed E-state index contributed by atoms with van der Waals surface area (Å²) in [6.45, 7) is 7.06. The third kappa shape index (κ3) is 5.06. The third-order valence-electron chi connectivity index (χ3n) is 5.69. The van der Waals surface area contributed by atoms with Crippen molar-refractivity contribution in [2.24, 2.45) is 0 Å². The Morgan fingerprint density at radius 2 is 2.09 bits per heavy atom. The average molecular weight is 489 g/mol. The first-order valence-corrected chi connectivity index (χ1v) is 12.8. The van der Waals surface area contributed by atoms with Crippen molar-refractivity contribution in [3.05, 3.63) is 52.3 Å². The van der Waals surface area contributed by atoms with Gasteiger partial charge in [-0.25, -0.2) is 18.1 Å². The molecule has 2 aromatic heterocycles. The normalized spacial score (nSPS) is 17.3. The number of carbonyl (C=O) groups excluding carboxylic acids is 1. The number of ether oxygens (including phenoxy) is 1. The molecule has 0 aliphatic carbocycles. The standard InChI is InChI=1S/C23H28N4O6S/c1-23(2,3)18-10-14(19-21(28)25-6-5-24-19)9-16-17(13-33-20(16)18)22(29)27-7-8-32-15(12-27)11-26-34(4,30)31/h5-6,9-10,13,15,26H,7-8,11-12H2,1-4H3,(H,25,28). The van der Waals surface area contributed by atoms with Crippen LogP contribution in [0, 0.1) is 0 Å². The van der Waals surface area contributed by atoms with E-state index in [1.54, 1.807) is 11.0 Å². The highest BCUT2D eigenvalue weighted by Crippen LogP contribution is 2.36. The Morgan fingerprint density at radius 3 is 2.76 bits per heavy atom. The van der Waals surface area contributed by atoms with Gasteiger partial charge in [-0.15, -0.1) is 0 Å². The summed E-state index contributed by atoms with van der Waals surface area (Å²) in [6.07, 6.45) is 5.03. The topological polar surface area (TPSA) is 135 Å². The molecule has 34 heavy (non-hydrogen) atoms. The first-order valence-electron chi connectivity index (χ1n) is 10.9. The summed E-state index contributed by atoms with van der Waals surface area (Å²) in [5.41, 5.74) is 1.99. The average Bonchev–Trinajstić information content (AvgIpc) is 3.20. The maximum absolute atomic E-state index is 13.5. The zero-order chi connectivity index (χ0) is 24.7. The van der Waals surface area contributed by atoms with Crippen LogP contribution in [-0.4, -0.2) is 67.8 Å². The highest BCUT2D eigenvalue weighted by Gasteiger charge is 2.30. The fourth-order valence-corrected chi connectivity index (χ4v) is 4.48. The van der Waals surface area contributed by atoms with E-state index in [0.717, 1.165) is 11.8 Å². The molecule has 1 atom stereocenters. The lowest BCUT2D eigenvalue weighted by Crippen LogP contribution is -2.49. The van der Waals surface area contributed by atoms with Crippen LogP contribution in [-0.2, 0) is 20.2 Å². The molecule has 10 nitrogen and oxygen atoms in total. The summed E-state index contributed by atoms with van der Waals surface area (Å²) in [7, 11) is -3.37. The summed E-state index contributed by atoms with van der Waals surface area (Å²) >= 11 is 0. The number of furan rings is 1. The van der Waals surface area contributed by atoms with Crippen molar-refractivity contribution in [2.45, 2.75) is 32.3 Å². The first-order chi connectivity index (χ1) is 15.9. The van der Waals surface area contributed by atoms with Gasteiger partial charge in [-0.2, -0.15) is 0 Å². The summed E-state index contributed by atoms with van der Waals surface area (Å²) in [5, 5.41) is 0.592. The molecule has 1 saturated heterocycles. The molecule has 0 bridgehead atoms. The Kier molecular flexibility index (Phi) is 6.36. The Hall–Kier alpha value is -3.02. The molecule has 0 spiro atoms. The molecule has 3 aromatic rings. The number of morpholine rings is 1. The van der Waals surface area contributed by atoms with E-state index in [2.05, 4.69) is 14.7 Å². The summed E-state index contributed by atoms with van der Waals surface area (Å²) < 4.78 is 36.8. The SMILES string of the molecule is CC(C)(C)c1cc(-c2ncc[nH]c2=O)cc2c(C(=O)N3CCOC(CNS(C)(=O)=O)C3)coc12. The number of carbonyl (C=O) groups is 1. The van der Waals surface area contributed by atoms with Crippen LogP contribution in [0.1, 0.15) is 36.7 Å². The predicted octanol–water partition coefficient (Wildman–Crippen LogP) is 1.87. The lowest BCUT2D eigenvalue weighted by Gasteiger charge is -2.32. The number of hydrogen-bond donors (Lipinski definition) is 2. The van der Waals surface area contributed by atoms with E-state index in [0.29, 0.717) is 35.2 Å². The molecule has 182 valence electrons. The maximum atomic E-state index is 13.5. The highest BCUT2D eigenvalue weighted by molar-refractivity contribution is 7.88. The molecule has 4 rings (SSSR count). The number of nitrogens with zero attached hydrogens (tertiary/aromatic N) is 2. The Morgan fingerprint density at radius 1 is 1.32 bits per heavy atom. The van der Waals surface area contributed by atoms with Gasteiger partial charge in [0.2, 0.25) is 10.0 Å². The van der Waals surface area contributed by atoms with Gasteiger partial charge in [-0.1, -0.05) is 20.8 Å². The Balaban J connectivity index is 1.73. The lowest BCUT2D eigenvalue weighted by molar-refractivity contribution is -0.0181. The number of nitrogens with one attached hydrogen (secondary N) is 2. The smallest absolute Gasteiger partial charge is 0.274 e. The van der Waals surface area contributed by atoms with Gasteiger partial charge < -0.3 is 19.0 Å². The molecule has 11 heteroatoms. The van der Waals surface area contributed by atoms with Crippen molar-refractivity contribution in [3.63, 3.8) is 0 Å². The van der Waals surface area contributed by atoms with Crippen LogP contribution < -0.4 is 10.3 Å². The Bertz CT molecular complexity index is 1390. The summed E-state index contributed by atoms with van der Waals surface area (Å²) in [6, 6.07) is 3.63. The second kappa shape index (κ2) is 8.97. The van der Waals surface area contributed by atoms with Crippen molar-refractivity contribution in [1.29, 1.82) is 0 Å². The lowest BCUT2D eigenvalue weighted by atomic mass is 9.84. The van der Waals surface area contributed by atoms with Gasteiger partial charge in [0.25, 0.3) is 11.5 Å². The first kappa shape index (κ1) is 24.1. The minimum absolute atomic E-state index is 0.0789. The van der Waals surface area contributed by atoms with Crippen LogP contribution in [0.4, 0.5) is 0 Å². The van der Waals surface area contributed by atoms with Crippen LogP contribution in [0.2, 0.25) is 0 Å². The zero-order valence-electron chi connectivity index (χ0n) is 19.5. The number of benzene rings is 1. The molecular formula is C23H28N4O6S. The molecule has 0 saturated carbocycles. The fraction of sp³-hybridized carbons (Fsp3) is 0.435. The van der Waals surface area contributed by atoms with E-state index in [9.17, 15) is 18.0 Å². The van der Waals surface area contributed by atoms with E-state index in [1.807, 2.05) is 26.8 Å². The largest absolute Gasteiger partial charge is 0.463 e. The highest BCUT2D eigenvalue weighted by atomic mass is 32.2. The zero-order valence-corrected chi connectivity index (χ0v) is 20.4. The van der Waals surface area contributed by atoms with Gasteiger partial charge in [-0.05, 0) is 17.5 Å². The van der Waals surface area contributed by atoms with E-state index in [4.69, 9.17) is 9.15 Å². The number of aromatic nitrogens is 2. The number of hydrogen-bond acceptors (Lipinski definition) is 7. The number of H-pyrrole nitrogens is 1. The van der Waals surface area contributed by atoms with E-state index in [1.165, 1.54) is 18.7 Å². The minimum atomic E-state index is -3.37. The molecule has 1 amide bonds. The van der Waals surface area contributed by atoms with Gasteiger partial charge in [0.05, 0.1) is 24.5 Å². The monoisotopic (exact) mass is 488 g/mol. The Labute approximate surface area is 197 Å². The number of fused-ring (bicyclic) bond motifs is 1. The summed E-state index contributed by atoms with van der Waals surface area (Å²) in [5.74, 6) is -0.252. The number of aromatic amines is 1. The van der Waals surface area contributed by atoms with Crippen LogP contribution in [0.5, 0.6) is 0 Å². The van der Waals surface area contributed by atoms with E-state index < -0.39 is 16.1 Å². The van der Waals surface area contributed by atoms with Gasteiger partial charge in [0.1, 0.15) is 17.5 Å². The predicted molar refractivity (Wildman–Crippen MR) is 127 cm³/mol. The van der Waals surface area contributed by atoms with Crippen molar-refractivity contribution < 1.29 is 22.4 Å². The van der Waals surface area contributed by atoms with E-state index >= 15 is 0 Å². The molecule has 1 unspecified atom stereocenters. The molecule has 1 aromatic carbocycles. The van der Waals surface area contributed by atoms with Gasteiger partial charge >= 0.3 is 0 Å². The number of rotatable bonds is 5. The van der Waals surface area contributed by atoms with Gasteiger partial charge in [0.15, 0.2) is 0 Å². The minimum Gasteiger partial charge on any atom is -0.463 e. The molecule has 1 aliphatic rings. The molecule has 1 fully saturated rings. The van der Waals surface area contributed by atoms with Crippen molar-refractivity contribution in [3.8, 4) is 11.3 Å². The molecular weight excluding hydrogens is 460 g/mol. The van der Waals surface area contributed by atoms with Crippen molar-refractivity contribution >= 4 is 26.9 Å². The molecule has 1 aliphatic heterocycles. The fourth-order valence-electron chi connectivity index (χ4n) is 4.00.